The number of benzene rings is 2. The molecule has 2 aliphatic heterocycles. The number of thiophene rings is 1. The van der Waals surface area contributed by atoms with Crippen molar-refractivity contribution in [1.82, 2.24) is 20.0 Å². The fraction of sp³-hybridized carbons (Fsp3) is 0.241. The predicted octanol–water partition coefficient (Wildman–Crippen LogP) is 4.64. The molecule has 0 saturated carbocycles. The number of fused-ring (bicyclic) bond motifs is 4. The summed E-state index contributed by atoms with van der Waals surface area (Å²) in [6, 6.07) is 14.1. The number of amides is 3. The fourth-order valence-electron chi connectivity index (χ4n) is 5.31. The molecule has 2 aromatic heterocycles. The molecule has 0 aliphatic carbocycles. The van der Waals surface area contributed by atoms with Crippen LogP contribution in [0.3, 0.4) is 0 Å². The van der Waals surface area contributed by atoms with E-state index in [4.69, 9.17) is 0 Å². The number of aromatic nitrogens is 2. The number of imide groups is 1. The highest BCUT2D eigenvalue weighted by Gasteiger charge is 2.37. The van der Waals surface area contributed by atoms with Gasteiger partial charge in [-0.1, -0.05) is 24.3 Å². The van der Waals surface area contributed by atoms with Gasteiger partial charge >= 0.3 is 0 Å². The summed E-state index contributed by atoms with van der Waals surface area (Å²) in [4.78, 5) is 42.4. The topological polar surface area (TPSA) is 84.3 Å². The van der Waals surface area contributed by atoms with Gasteiger partial charge in [-0.2, -0.15) is 5.10 Å². The van der Waals surface area contributed by atoms with Gasteiger partial charge in [0.2, 0.25) is 0 Å². The third-order valence-corrected chi connectivity index (χ3v) is 8.27. The third kappa shape index (κ3) is 4.32. The molecule has 0 fully saturated rings. The third-order valence-electron chi connectivity index (χ3n) is 7.07. The molecule has 3 amide bonds. The minimum atomic E-state index is -0.610. The summed E-state index contributed by atoms with van der Waals surface area (Å²) in [6.07, 6.45) is 3.90. The second-order valence-electron chi connectivity index (χ2n) is 9.72. The van der Waals surface area contributed by atoms with Gasteiger partial charge in [-0.15, -0.1) is 11.3 Å². The summed E-state index contributed by atoms with van der Waals surface area (Å²) in [7, 11) is 0. The lowest BCUT2D eigenvalue weighted by Crippen LogP contribution is -2.46. The smallest absolute Gasteiger partial charge is 0.261 e. The van der Waals surface area contributed by atoms with Crippen molar-refractivity contribution in [2.75, 3.05) is 6.54 Å². The Hall–Kier alpha value is -4.11. The Kier molecular flexibility index (Phi) is 6.15. The standard InChI is InChI=1S/C29H25FN4O3S/c1-17-15-31-34-11-5-10-24-23(26(17)34)14-25(38-24)27(35)32-20(13-18-6-4-7-19(30)12-18)16-33-28(36)21-8-2-3-9-22(21)29(33)37/h2-4,6-9,12,14-15,20H,5,10-11,13,16H2,1H3,(H,32,35). The van der Waals surface area contributed by atoms with Crippen molar-refractivity contribution in [3.63, 3.8) is 0 Å². The van der Waals surface area contributed by atoms with Crippen LogP contribution in [-0.4, -0.2) is 45.0 Å². The van der Waals surface area contributed by atoms with Crippen LogP contribution in [-0.2, 0) is 19.4 Å². The maximum atomic E-state index is 13.9. The SMILES string of the molecule is Cc1cnn2c1-c1cc(C(=O)NC(Cc3cccc(F)c3)CN3C(=O)c4ccccc4C3=O)sc1CCC2. The quantitative estimate of drug-likeness (QED) is 0.370. The second kappa shape index (κ2) is 9.64. The first-order chi connectivity index (χ1) is 18.4. The average molecular weight is 529 g/mol. The molecule has 4 heterocycles. The molecule has 1 atom stereocenters. The van der Waals surface area contributed by atoms with Gasteiger partial charge in [0.1, 0.15) is 5.82 Å². The molecule has 192 valence electrons. The number of nitrogens with one attached hydrogen (secondary N) is 1. The first kappa shape index (κ1) is 24.2. The van der Waals surface area contributed by atoms with Crippen molar-refractivity contribution >= 4 is 29.1 Å². The first-order valence-electron chi connectivity index (χ1n) is 12.5. The zero-order valence-electron chi connectivity index (χ0n) is 20.7. The van der Waals surface area contributed by atoms with Crippen LogP contribution < -0.4 is 5.32 Å². The molecular weight excluding hydrogens is 503 g/mol. The van der Waals surface area contributed by atoms with Crippen LogP contribution in [0.1, 0.15) is 52.8 Å². The Morgan fingerprint density at radius 1 is 1.08 bits per heavy atom. The summed E-state index contributed by atoms with van der Waals surface area (Å²) < 4.78 is 15.9. The molecular formula is C29H25FN4O3S. The zero-order chi connectivity index (χ0) is 26.4. The van der Waals surface area contributed by atoms with Crippen LogP contribution in [0.15, 0.2) is 60.8 Å². The highest BCUT2D eigenvalue weighted by atomic mass is 32.1. The number of halogens is 1. The van der Waals surface area contributed by atoms with E-state index in [1.807, 2.05) is 23.9 Å². The van der Waals surface area contributed by atoms with E-state index < -0.39 is 17.9 Å². The summed E-state index contributed by atoms with van der Waals surface area (Å²) >= 11 is 1.46. The normalized spacial score (nSPS) is 15.1. The molecule has 6 rings (SSSR count). The van der Waals surface area contributed by atoms with E-state index in [9.17, 15) is 18.8 Å². The van der Waals surface area contributed by atoms with Crippen LogP contribution in [0.2, 0.25) is 0 Å². The van der Waals surface area contributed by atoms with Crippen molar-refractivity contribution in [1.29, 1.82) is 0 Å². The van der Waals surface area contributed by atoms with Crippen LogP contribution in [0.4, 0.5) is 4.39 Å². The van der Waals surface area contributed by atoms with E-state index in [-0.39, 0.29) is 24.7 Å². The van der Waals surface area contributed by atoms with E-state index >= 15 is 0 Å². The summed E-state index contributed by atoms with van der Waals surface area (Å²) in [5.41, 5.74) is 4.48. The number of carbonyl (C=O) groups excluding carboxylic acids is 3. The van der Waals surface area contributed by atoms with Gasteiger partial charge in [0, 0.05) is 23.5 Å². The van der Waals surface area contributed by atoms with Gasteiger partial charge in [0.05, 0.1) is 33.9 Å². The fourth-order valence-corrected chi connectivity index (χ4v) is 6.41. The number of aryl methyl sites for hydroxylation is 3. The Morgan fingerprint density at radius 2 is 1.84 bits per heavy atom. The van der Waals surface area contributed by atoms with Crippen molar-refractivity contribution in [2.45, 2.75) is 38.8 Å². The van der Waals surface area contributed by atoms with Gasteiger partial charge in [-0.05, 0) is 67.6 Å². The Morgan fingerprint density at radius 3 is 2.58 bits per heavy atom. The van der Waals surface area contributed by atoms with E-state index in [1.165, 1.54) is 28.4 Å². The van der Waals surface area contributed by atoms with Crippen LogP contribution >= 0.6 is 11.3 Å². The second-order valence-corrected chi connectivity index (χ2v) is 10.9. The number of hydrogen-bond donors (Lipinski definition) is 1. The monoisotopic (exact) mass is 528 g/mol. The first-order valence-corrected chi connectivity index (χ1v) is 13.4. The van der Waals surface area contributed by atoms with Gasteiger partial charge in [0.15, 0.2) is 0 Å². The molecule has 1 N–H and O–H groups in total. The number of carbonyl (C=O) groups is 3. The predicted molar refractivity (Wildman–Crippen MR) is 142 cm³/mol. The van der Waals surface area contributed by atoms with Crippen molar-refractivity contribution < 1.29 is 18.8 Å². The molecule has 7 nitrogen and oxygen atoms in total. The zero-order valence-corrected chi connectivity index (χ0v) is 21.6. The van der Waals surface area contributed by atoms with E-state index in [0.29, 0.717) is 21.6 Å². The van der Waals surface area contributed by atoms with E-state index in [2.05, 4.69) is 10.4 Å². The molecule has 0 saturated heterocycles. The van der Waals surface area contributed by atoms with Crippen molar-refractivity contribution in [2.24, 2.45) is 0 Å². The number of hydrogen-bond acceptors (Lipinski definition) is 5. The highest BCUT2D eigenvalue weighted by Crippen LogP contribution is 2.36. The molecule has 4 aromatic rings. The van der Waals surface area contributed by atoms with E-state index in [1.54, 1.807) is 36.4 Å². The summed E-state index contributed by atoms with van der Waals surface area (Å²) in [6.45, 7) is 2.83. The largest absolute Gasteiger partial charge is 0.346 e. The maximum absolute atomic E-state index is 13.9. The minimum Gasteiger partial charge on any atom is -0.346 e. The molecule has 2 aromatic carbocycles. The number of nitrogens with zero attached hydrogens (tertiary/aromatic N) is 3. The molecule has 0 radical (unpaired) electrons. The summed E-state index contributed by atoms with van der Waals surface area (Å²) in [5.74, 6) is -1.46. The van der Waals surface area contributed by atoms with Gasteiger partial charge in [-0.3, -0.25) is 24.0 Å². The molecule has 0 spiro atoms. The average Bonchev–Trinajstić information content (AvgIpc) is 3.51. The molecule has 38 heavy (non-hydrogen) atoms. The van der Waals surface area contributed by atoms with E-state index in [0.717, 1.165) is 41.1 Å². The van der Waals surface area contributed by atoms with Crippen LogP contribution in [0.5, 0.6) is 0 Å². The lowest BCUT2D eigenvalue weighted by molar-refractivity contribution is 0.0629. The molecule has 0 bridgehead atoms. The lowest BCUT2D eigenvalue weighted by atomic mass is 10.0. The van der Waals surface area contributed by atoms with Crippen LogP contribution in [0.25, 0.3) is 11.3 Å². The van der Waals surface area contributed by atoms with Gasteiger partial charge < -0.3 is 5.32 Å². The number of rotatable bonds is 6. The molecule has 2 aliphatic rings. The van der Waals surface area contributed by atoms with Crippen molar-refractivity contribution in [3.8, 4) is 11.3 Å². The maximum Gasteiger partial charge on any atom is 0.261 e. The van der Waals surface area contributed by atoms with Gasteiger partial charge in [0.25, 0.3) is 17.7 Å². The molecule has 1 unspecified atom stereocenters. The minimum absolute atomic E-state index is 0.0223. The molecule has 9 heteroatoms. The Labute approximate surface area is 222 Å². The highest BCUT2D eigenvalue weighted by molar-refractivity contribution is 7.14. The van der Waals surface area contributed by atoms with Crippen molar-refractivity contribution in [3.05, 3.63) is 98.6 Å². The van der Waals surface area contributed by atoms with Crippen LogP contribution in [0, 0.1) is 12.7 Å². The Bertz CT molecular complexity index is 1560. The Balaban J connectivity index is 1.28. The lowest BCUT2D eigenvalue weighted by Gasteiger charge is -2.24. The van der Waals surface area contributed by atoms with Gasteiger partial charge in [-0.25, -0.2) is 4.39 Å². The summed E-state index contributed by atoms with van der Waals surface area (Å²) in [5, 5.41) is 7.51.